The van der Waals surface area contributed by atoms with E-state index in [2.05, 4.69) is 10.3 Å². The highest BCUT2D eigenvalue weighted by Gasteiger charge is 2.32. The van der Waals surface area contributed by atoms with E-state index < -0.39 is 11.9 Å². The molecule has 1 fully saturated rings. The fourth-order valence-corrected chi connectivity index (χ4v) is 1.94. The Hall–Kier alpha value is -1.98. The third kappa shape index (κ3) is 3.74. The Morgan fingerprint density at radius 1 is 1.47 bits per heavy atom. The molecule has 0 aliphatic heterocycles. The van der Waals surface area contributed by atoms with Gasteiger partial charge in [-0.1, -0.05) is 0 Å². The van der Waals surface area contributed by atoms with E-state index in [9.17, 15) is 14.0 Å². The highest BCUT2D eigenvalue weighted by atomic mass is 19.1. The van der Waals surface area contributed by atoms with E-state index in [1.807, 2.05) is 0 Å². The van der Waals surface area contributed by atoms with Gasteiger partial charge in [-0.25, -0.2) is 9.78 Å². The average molecular weight is 266 g/mol. The van der Waals surface area contributed by atoms with Gasteiger partial charge in [-0.3, -0.25) is 4.79 Å². The molecule has 19 heavy (non-hydrogen) atoms. The molecule has 1 saturated carbocycles. The highest BCUT2D eigenvalue weighted by molar-refractivity contribution is 5.89. The van der Waals surface area contributed by atoms with Crippen molar-refractivity contribution in [2.45, 2.75) is 25.9 Å². The van der Waals surface area contributed by atoms with Crippen LogP contribution in [0.25, 0.3) is 0 Å². The Balaban J connectivity index is 1.73. The van der Waals surface area contributed by atoms with Crippen LogP contribution in [0, 0.1) is 11.9 Å². The quantitative estimate of drug-likeness (QED) is 0.658. The van der Waals surface area contributed by atoms with Crippen molar-refractivity contribution >= 4 is 11.9 Å². The Bertz CT molecular complexity index is 469. The van der Waals surface area contributed by atoms with E-state index in [1.54, 1.807) is 0 Å². The molecule has 1 aliphatic carbocycles. The van der Waals surface area contributed by atoms with E-state index in [-0.39, 0.29) is 17.6 Å². The van der Waals surface area contributed by atoms with Gasteiger partial charge in [-0.05, 0) is 30.9 Å². The van der Waals surface area contributed by atoms with Gasteiger partial charge in [-0.2, -0.15) is 4.39 Å². The Labute approximate surface area is 110 Å². The van der Waals surface area contributed by atoms with Crippen LogP contribution in [0.4, 0.5) is 4.39 Å². The summed E-state index contributed by atoms with van der Waals surface area (Å²) in [5, 5.41) is 2.73. The molecule has 0 unspecified atom stereocenters. The van der Waals surface area contributed by atoms with Crippen LogP contribution in [-0.4, -0.2) is 29.5 Å². The monoisotopic (exact) mass is 266 g/mol. The van der Waals surface area contributed by atoms with E-state index in [1.165, 1.54) is 13.0 Å². The SMILES string of the molecule is CC(=O)NCC1CC(OC(=O)c2ccc(F)nc2)C1. The Morgan fingerprint density at radius 2 is 2.21 bits per heavy atom. The summed E-state index contributed by atoms with van der Waals surface area (Å²) in [6, 6.07) is 2.47. The molecule has 0 aromatic carbocycles. The number of ether oxygens (including phenoxy) is 1. The number of nitrogens with zero attached hydrogens (tertiary/aromatic N) is 1. The second-order valence-electron chi connectivity index (χ2n) is 4.67. The van der Waals surface area contributed by atoms with Gasteiger partial charge in [0.15, 0.2) is 0 Å². The zero-order valence-electron chi connectivity index (χ0n) is 10.6. The molecule has 1 aromatic rings. The van der Waals surface area contributed by atoms with E-state index in [4.69, 9.17) is 4.74 Å². The van der Waals surface area contributed by atoms with Gasteiger partial charge in [0.1, 0.15) is 6.10 Å². The minimum atomic E-state index is -0.629. The molecule has 1 aromatic heterocycles. The van der Waals surface area contributed by atoms with Crippen LogP contribution in [0.2, 0.25) is 0 Å². The van der Waals surface area contributed by atoms with Crippen LogP contribution in [-0.2, 0) is 9.53 Å². The maximum Gasteiger partial charge on any atom is 0.339 e. The summed E-state index contributed by atoms with van der Waals surface area (Å²) in [6.45, 7) is 2.08. The number of pyridine rings is 1. The number of carbonyl (C=O) groups excluding carboxylic acids is 2. The lowest BCUT2D eigenvalue weighted by atomic mass is 9.82. The fourth-order valence-electron chi connectivity index (χ4n) is 1.94. The summed E-state index contributed by atoms with van der Waals surface area (Å²) >= 11 is 0. The number of rotatable bonds is 4. The molecule has 1 aliphatic rings. The third-order valence-electron chi connectivity index (χ3n) is 3.07. The minimum Gasteiger partial charge on any atom is -0.459 e. The van der Waals surface area contributed by atoms with Crippen molar-refractivity contribution in [1.29, 1.82) is 0 Å². The van der Waals surface area contributed by atoms with Crippen molar-refractivity contribution in [3.63, 3.8) is 0 Å². The van der Waals surface area contributed by atoms with Crippen molar-refractivity contribution in [1.82, 2.24) is 10.3 Å². The summed E-state index contributed by atoms with van der Waals surface area (Å²) < 4.78 is 17.8. The summed E-state index contributed by atoms with van der Waals surface area (Å²) in [7, 11) is 0. The van der Waals surface area contributed by atoms with Crippen LogP contribution in [0.15, 0.2) is 18.3 Å². The van der Waals surface area contributed by atoms with Crippen LogP contribution < -0.4 is 5.32 Å². The predicted molar refractivity (Wildman–Crippen MR) is 64.8 cm³/mol. The number of amides is 1. The van der Waals surface area contributed by atoms with Crippen LogP contribution in [0.1, 0.15) is 30.1 Å². The maximum atomic E-state index is 12.6. The van der Waals surface area contributed by atoms with Crippen molar-refractivity contribution in [3.05, 3.63) is 29.8 Å². The first kappa shape index (κ1) is 13.5. The van der Waals surface area contributed by atoms with Crippen molar-refractivity contribution in [3.8, 4) is 0 Å². The van der Waals surface area contributed by atoms with Crippen molar-refractivity contribution in [2.75, 3.05) is 6.54 Å². The van der Waals surface area contributed by atoms with Gasteiger partial charge in [0.25, 0.3) is 0 Å². The lowest BCUT2D eigenvalue weighted by molar-refractivity contribution is -0.119. The largest absolute Gasteiger partial charge is 0.459 e. The molecule has 0 saturated heterocycles. The summed E-state index contributed by atoms with van der Waals surface area (Å²) in [5.41, 5.74) is 0.242. The summed E-state index contributed by atoms with van der Waals surface area (Å²) in [5.74, 6) is -0.822. The van der Waals surface area contributed by atoms with Gasteiger partial charge in [0, 0.05) is 19.7 Å². The third-order valence-corrected chi connectivity index (χ3v) is 3.07. The van der Waals surface area contributed by atoms with Gasteiger partial charge in [0.05, 0.1) is 5.56 Å². The number of hydrogen-bond acceptors (Lipinski definition) is 4. The van der Waals surface area contributed by atoms with Gasteiger partial charge < -0.3 is 10.1 Å². The molecule has 0 spiro atoms. The molecule has 0 bridgehead atoms. The minimum absolute atomic E-state index is 0.0576. The summed E-state index contributed by atoms with van der Waals surface area (Å²) in [4.78, 5) is 25.8. The Kier molecular flexibility index (Phi) is 4.09. The molecule has 0 atom stereocenters. The number of nitrogens with one attached hydrogen (secondary N) is 1. The number of carbonyl (C=O) groups is 2. The van der Waals surface area contributed by atoms with Gasteiger partial charge in [-0.15, -0.1) is 0 Å². The molecule has 5 nitrogen and oxygen atoms in total. The molecular weight excluding hydrogens is 251 g/mol. The molecule has 6 heteroatoms. The smallest absolute Gasteiger partial charge is 0.339 e. The number of hydrogen-bond donors (Lipinski definition) is 1. The normalized spacial score (nSPS) is 21.4. The fraction of sp³-hybridized carbons (Fsp3) is 0.462. The molecular formula is C13H15FN2O3. The number of halogens is 1. The first-order chi connectivity index (χ1) is 9.04. The second kappa shape index (κ2) is 5.77. The summed E-state index contributed by atoms with van der Waals surface area (Å²) in [6.07, 6.45) is 2.50. The van der Waals surface area contributed by atoms with Crippen molar-refractivity contribution in [2.24, 2.45) is 5.92 Å². The van der Waals surface area contributed by atoms with E-state index >= 15 is 0 Å². The topological polar surface area (TPSA) is 68.3 Å². The Morgan fingerprint density at radius 3 is 2.79 bits per heavy atom. The van der Waals surface area contributed by atoms with Crippen LogP contribution >= 0.6 is 0 Å². The molecule has 102 valence electrons. The maximum absolute atomic E-state index is 12.6. The van der Waals surface area contributed by atoms with E-state index in [0.717, 1.165) is 25.1 Å². The standard InChI is InChI=1S/C13H15FN2O3/c1-8(17)15-6-9-4-11(5-9)19-13(18)10-2-3-12(14)16-7-10/h2-3,7,9,11H,4-6H2,1H3,(H,15,17). The van der Waals surface area contributed by atoms with Gasteiger partial charge in [0.2, 0.25) is 11.9 Å². The molecule has 1 amide bonds. The van der Waals surface area contributed by atoms with Crippen molar-refractivity contribution < 1.29 is 18.7 Å². The lowest BCUT2D eigenvalue weighted by Crippen LogP contribution is -2.40. The first-order valence-electron chi connectivity index (χ1n) is 6.11. The molecule has 1 heterocycles. The average Bonchev–Trinajstić information content (AvgIpc) is 2.32. The molecule has 1 N–H and O–H groups in total. The molecule has 0 radical (unpaired) electrons. The second-order valence-corrected chi connectivity index (χ2v) is 4.67. The predicted octanol–water partition coefficient (Wildman–Crippen LogP) is 1.29. The van der Waals surface area contributed by atoms with Crippen LogP contribution in [0.3, 0.4) is 0 Å². The highest BCUT2D eigenvalue weighted by Crippen LogP contribution is 2.30. The first-order valence-corrected chi connectivity index (χ1v) is 6.11. The van der Waals surface area contributed by atoms with Crippen LogP contribution in [0.5, 0.6) is 0 Å². The number of esters is 1. The number of aromatic nitrogens is 1. The molecule has 2 rings (SSSR count). The zero-order chi connectivity index (χ0) is 13.8. The van der Waals surface area contributed by atoms with E-state index in [0.29, 0.717) is 12.5 Å². The van der Waals surface area contributed by atoms with Gasteiger partial charge >= 0.3 is 5.97 Å². The zero-order valence-corrected chi connectivity index (χ0v) is 10.6. The lowest BCUT2D eigenvalue weighted by Gasteiger charge is -2.34.